The Morgan fingerprint density at radius 1 is 0.615 bits per heavy atom. The van der Waals surface area contributed by atoms with Gasteiger partial charge in [-0.25, -0.2) is 8.78 Å². The van der Waals surface area contributed by atoms with Gasteiger partial charge < -0.3 is 0 Å². The van der Waals surface area contributed by atoms with Crippen LogP contribution in [0.15, 0.2) is 48.5 Å². The monoisotopic (exact) mass is 344 g/mol. The van der Waals surface area contributed by atoms with Crippen LogP contribution in [0.5, 0.6) is 0 Å². The first kappa shape index (κ1) is 17.3. The van der Waals surface area contributed by atoms with E-state index in [2.05, 4.69) is 12.1 Å². The SMILES string of the molecule is Cc1cc(C#N)ccc1-c1cc(F)c(F)cc1-c1ccc(C#N)cc1C. The van der Waals surface area contributed by atoms with Crippen molar-refractivity contribution < 1.29 is 8.78 Å². The Labute approximate surface area is 150 Å². The van der Waals surface area contributed by atoms with E-state index < -0.39 is 11.6 Å². The molecule has 0 fully saturated rings. The van der Waals surface area contributed by atoms with Crippen LogP contribution in [0.1, 0.15) is 22.3 Å². The molecule has 3 aromatic carbocycles. The van der Waals surface area contributed by atoms with Gasteiger partial charge in [-0.1, -0.05) is 12.1 Å². The van der Waals surface area contributed by atoms with Gasteiger partial charge in [-0.2, -0.15) is 10.5 Å². The lowest BCUT2D eigenvalue weighted by atomic mass is 9.89. The third-order valence-electron chi connectivity index (χ3n) is 4.35. The molecule has 0 atom stereocenters. The summed E-state index contributed by atoms with van der Waals surface area (Å²) in [5.41, 5.74) is 5.13. The molecular formula is C22H14F2N2. The summed E-state index contributed by atoms with van der Waals surface area (Å²) < 4.78 is 28.0. The molecule has 0 N–H and O–H groups in total. The minimum Gasteiger partial charge on any atom is -0.204 e. The van der Waals surface area contributed by atoms with E-state index in [1.807, 2.05) is 13.8 Å². The van der Waals surface area contributed by atoms with Crippen molar-refractivity contribution in [2.75, 3.05) is 0 Å². The number of halogens is 2. The van der Waals surface area contributed by atoms with Crippen LogP contribution in [0, 0.1) is 48.1 Å². The van der Waals surface area contributed by atoms with Gasteiger partial charge in [-0.3, -0.25) is 0 Å². The zero-order valence-corrected chi connectivity index (χ0v) is 14.3. The van der Waals surface area contributed by atoms with E-state index in [0.717, 1.165) is 22.3 Å². The molecule has 0 bridgehead atoms. The second-order valence-corrected chi connectivity index (χ2v) is 6.09. The molecule has 2 nitrogen and oxygen atoms in total. The van der Waals surface area contributed by atoms with Crippen LogP contribution in [0.4, 0.5) is 8.78 Å². The van der Waals surface area contributed by atoms with Gasteiger partial charge in [-0.05, 0) is 83.6 Å². The maximum absolute atomic E-state index is 14.0. The van der Waals surface area contributed by atoms with E-state index in [-0.39, 0.29) is 0 Å². The molecule has 4 heteroatoms. The van der Waals surface area contributed by atoms with Gasteiger partial charge in [0.15, 0.2) is 11.6 Å². The number of hydrogen-bond acceptors (Lipinski definition) is 2. The lowest BCUT2D eigenvalue weighted by molar-refractivity contribution is 0.509. The number of nitriles is 2. The average Bonchev–Trinajstić information content (AvgIpc) is 2.63. The summed E-state index contributed by atoms with van der Waals surface area (Å²) in [6.07, 6.45) is 0. The average molecular weight is 344 g/mol. The molecule has 0 aliphatic carbocycles. The largest absolute Gasteiger partial charge is 0.204 e. The minimum absolute atomic E-state index is 0.505. The number of rotatable bonds is 2. The molecule has 26 heavy (non-hydrogen) atoms. The van der Waals surface area contributed by atoms with Crippen LogP contribution < -0.4 is 0 Å². The molecule has 0 unspecified atom stereocenters. The summed E-state index contributed by atoms with van der Waals surface area (Å²) in [4.78, 5) is 0. The Balaban J connectivity index is 2.30. The first-order valence-corrected chi connectivity index (χ1v) is 7.96. The van der Waals surface area contributed by atoms with Crippen molar-refractivity contribution in [2.24, 2.45) is 0 Å². The lowest BCUT2D eigenvalue weighted by Gasteiger charge is -2.15. The number of aryl methyl sites for hydroxylation is 2. The van der Waals surface area contributed by atoms with Crippen LogP contribution in [0.2, 0.25) is 0 Å². The first-order chi connectivity index (χ1) is 12.4. The summed E-state index contributed by atoms with van der Waals surface area (Å²) in [7, 11) is 0. The predicted octanol–water partition coefficient (Wildman–Crippen LogP) is 5.66. The predicted molar refractivity (Wildman–Crippen MR) is 96.1 cm³/mol. The fraction of sp³-hybridized carbons (Fsp3) is 0.0909. The normalized spacial score (nSPS) is 10.2. The molecule has 0 radical (unpaired) electrons. The van der Waals surface area contributed by atoms with E-state index in [9.17, 15) is 8.78 Å². The van der Waals surface area contributed by atoms with Crippen molar-refractivity contribution in [1.29, 1.82) is 10.5 Å². The van der Waals surface area contributed by atoms with Gasteiger partial charge in [0.05, 0.1) is 23.3 Å². The number of benzene rings is 3. The fourth-order valence-corrected chi connectivity index (χ4v) is 3.06. The molecule has 0 spiro atoms. The maximum atomic E-state index is 14.0. The molecule has 126 valence electrons. The second kappa shape index (κ2) is 6.78. The van der Waals surface area contributed by atoms with Gasteiger partial charge >= 0.3 is 0 Å². The topological polar surface area (TPSA) is 47.6 Å². The van der Waals surface area contributed by atoms with E-state index in [0.29, 0.717) is 22.3 Å². The molecule has 0 aliphatic heterocycles. The smallest absolute Gasteiger partial charge is 0.159 e. The second-order valence-electron chi connectivity index (χ2n) is 6.09. The Hall–Kier alpha value is -3.50. The molecule has 0 saturated carbocycles. The lowest BCUT2D eigenvalue weighted by Crippen LogP contribution is -1.95. The minimum atomic E-state index is -0.932. The molecule has 3 aromatic rings. The quantitative estimate of drug-likeness (QED) is 0.602. The van der Waals surface area contributed by atoms with E-state index in [4.69, 9.17) is 10.5 Å². The van der Waals surface area contributed by atoms with Crippen LogP contribution in [-0.4, -0.2) is 0 Å². The van der Waals surface area contributed by atoms with Gasteiger partial charge in [0.25, 0.3) is 0 Å². The molecule has 3 rings (SSSR count). The summed E-state index contributed by atoms with van der Waals surface area (Å²) in [5.74, 6) is -1.86. The standard InChI is InChI=1S/C22H14F2N2/c1-13-7-15(11-25)3-5-17(13)19-9-21(23)22(24)10-20(19)18-6-4-16(12-26)8-14(18)2/h3-10H,1-2H3. The first-order valence-electron chi connectivity index (χ1n) is 7.96. The van der Waals surface area contributed by atoms with Crippen molar-refractivity contribution in [2.45, 2.75) is 13.8 Å². The Kier molecular flexibility index (Phi) is 4.52. The van der Waals surface area contributed by atoms with Crippen LogP contribution in [0.25, 0.3) is 22.3 Å². The summed E-state index contributed by atoms with van der Waals surface area (Å²) in [6, 6.07) is 16.7. The molecule has 0 aromatic heterocycles. The van der Waals surface area contributed by atoms with Crippen LogP contribution in [0.3, 0.4) is 0 Å². The number of nitrogens with zero attached hydrogens (tertiary/aromatic N) is 2. The summed E-state index contributed by atoms with van der Waals surface area (Å²) in [6.45, 7) is 3.65. The Bertz CT molecular complexity index is 1010. The van der Waals surface area contributed by atoms with Crippen molar-refractivity contribution in [3.05, 3.63) is 82.4 Å². The van der Waals surface area contributed by atoms with Crippen LogP contribution in [-0.2, 0) is 0 Å². The van der Waals surface area contributed by atoms with Gasteiger partial charge in [0.2, 0.25) is 0 Å². The molecule has 0 heterocycles. The zero-order chi connectivity index (χ0) is 18.8. The highest BCUT2D eigenvalue weighted by Crippen LogP contribution is 2.37. The van der Waals surface area contributed by atoms with Crippen molar-refractivity contribution >= 4 is 0 Å². The van der Waals surface area contributed by atoms with E-state index in [1.165, 1.54) is 12.1 Å². The highest BCUT2D eigenvalue weighted by molar-refractivity contribution is 5.86. The Morgan fingerprint density at radius 2 is 1.00 bits per heavy atom. The van der Waals surface area contributed by atoms with E-state index >= 15 is 0 Å². The van der Waals surface area contributed by atoms with E-state index in [1.54, 1.807) is 36.4 Å². The number of hydrogen-bond donors (Lipinski definition) is 0. The fourth-order valence-electron chi connectivity index (χ4n) is 3.06. The Morgan fingerprint density at radius 3 is 1.31 bits per heavy atom. The summed E-state index contributed by atoms with van der Waals surface area (Å²) >= 11 is 0. The summed E-state index contributed by atoms with van der Waals surface area (Å²) in [5, 5.41) is 18.1. The van der Waals surface area contributed by atoms with Gasteiger partial charge in [-0.15, -0.1) is 0 Å². The van der Waals surface area contributed by atoms with Crippen molar-refractivity contribution in [3.63, 3.8) is 0 Å². The highest BCUT2D eigenvalue weighted by atomic mass is 19.2. The molecule has 0 saturated heterocycles. The van der Waals surface area contributed by atoms with Gasteiger partial charge in [0, 0.05) is 0 Å². The van der Waals surface area contributed by atoms with Gasteiger partial charge in [0.1, 0.15) is 0 Å². The zero-order valence-electron chi connectivity index (χ0n) is 14.3. The molecule has 0 amide bonds. The van der Waals surface area contributed by atoms with Crippen molar-refractivity contribution in [1.82, 2.24) is 0 Å². The van der Waals surface area contributed by atoms with Crippen LogP contribution >= 0.6 is 0 Å². The highest BCUT2D eigenvalue weighted by Gasteiger charge is 2.16. The molecular weight excluding hydrogens is 330 g/mol. The third kappa shape index (κ3) is 3.06. The molecule has 0 aliphatic rings. The maximum Gasteiger partial charge on any atom is 0.159 e. The van der Waals surface area contributed by atoms with Crippen molar-refractivity contribution in [3.8, 4) is 34.4 Å². The third-order valence-corrected chi connectivity index (χ3v) is 4.35.